The van der Waals surface area contributed by atoms with Gasteiger partial charge in [0.2, 0.25) is 5.67 Å². The molecule has 0 bridgehead atoms. The van der Waals surface area contributed by atoms with Gasteiger partial charge in [0.15, 0.2) is 0 Å². The Morgan fingerprint density at radius 3 is 1.34 bits per heavy atom. The number of rotatable bonds is 5. The molecule has 0 atom stereocenters. The van der Waals surface area contributed by atoms with Crippen LogP contribution in [0.4, 0.5) is 37.7 Å². The lowest BCUT2D eigenvalue weighted by Gasteiger charge is -2.35. The van der Waals surface area contributed by atoms with E-state index in [0.29, 0.717) is 24.3 Å². The Kier molecular flexibility index (Phi) is 5.74. The highest BCUT2D eigenvalue weighted by Crippen LogP contribution is 2.55. The lowest BCUT2D eigenvalue weighted by Crippen LogP contribution is -2.53. The fourth-order valence-electron chi connectivity index (χ4n) is 2.46. The van der Waals surface area contributed by atoms with Crippen LogP contribution in [0.15, 0.2) is 36.4 Å². The van der Waals surface area contributed by atoms with Gasteiger partial charge in [0, 0.05) is 23.3 Å². The third-order valence-electron chi connectivity index (χ3n) is 3.87. The Hall–Kier alpha value is -2.60. The van der Waals surface area contributed by atoms with Gasteiger partial charge in [0.05, 0.1) is 9.85 Å². The van der Waals surface area contributed by atoms with Crippen molar-refractivity contribution in [3.8, 4) is 0 Å². The van der Waals surface area contributed by atoms with Gasteiger partial charge in [-0.05, 0) is 12.1 Å². The molecule has 0 saturated heterocycles. The van der Waals surface area contributed by atoms with E-state index in [1.165, 1.54) is 0 Å². The number of nitro groups is 2. The molecular weight excluding hydrogens is 457 g/mol. The number of halogens is 8. The Bertz CT molecular complexity index is 936. The minimum atomic E-state index is -6.47. The summed E-state index contributed by atoms with van der Waals surface area (Å²) in [5.74, 6) is -6.15. The lowest BCUT2D eigenvalue weighted by molar-refractivity contribution is -0.385. The van der Waals surface area contributed by atoms with Crippen molar-refractivity contribution in [2.24, 2.45) is 0 Å². The van der Waals surface area contributed by atoms with E-state index in [0.717, 1.165) is 0 Å². The predicted molar refractivity (Wildman–Crippen MR) is 89.1 cm³/mol. The van der Waals surface area contributed by atoms with Gasteiger partial charge in [0.1, 0.15) is 10.0 Å². The van der Waals surface area contributed by atoms with Crippen molar-refractivity contribution in [3.63, 3.8) is 0 Å². The second kappa shape index (κ2) is 7.34. The molecule has 0 radical (unpaired) electrons. The molecule has 0 unspecified atom stereocenters. The Morgan fingerprint density at radius 2 is 1.07 bits per heavy atom. The zero-order chi connectivity index (χ0) is 22.4. The van der Waals surface area contributed by atoms with E-state index in [-0.39, 0.29) is 12.1 Å². The fourth-order valence-corrected chi connectivity index (χ4v) is 2.83. The van der Waals surface area contributed by atoms with Crippen molar-refractivity contribution < 1.29 is 36.2 Å². The SMILES string of the molecule is O=[N+]([O-])c1cc(C(F)(c2ccc(Cl)c([N+](=O)[O-])c2)C(F)(F)C(F)(F)F)ccc1Cl. The van der Waals surface area contributed by atoms with Crippen LogP contribution >= 0.6 is 23.2 Å². The summed E-state index contributed by atoms with van der Waals surface area (Å²) >= 11 is 11.0. The van der Waals surface area contributed by atoms with Gasteiger partial charge in [-0.3, -0.25) is 20.2 Å². The molecule has 29 heavy (non-hydrogen) atoms. The molecular formula is C15H6Cl2F6N2O4. The van der Waals surface area contributed by atoms with Crippen LogP contribution in [0.3, 0.4) is 0 Å². The van der Waals surface area contributed by atoms with E-state index in [9.17, 15) is 42.2 Å². The maximum atomic E-state index is 15.7. The van der Waals surface area contributed by atoms with E-state index in [4.69, 9.17) is 23.2 Å². The summed E-state index contributed by atoms with van der Waals surface area (Å²) in [5, 5.41) is 20.6. The third kappa shape index (κ3) is 3.69. The summed E-state index contributed by atoms with van der Waals surface area (Å²) in [6.45, 7) is 0. The van der Waals surface area contributed by atoms with Gasteiger partial charge in [0.25, 0.3) is 11.4 Å². The fraction of sp³-hybridized carbons (Fsp3) is 0.200. The maximum absolute atomic E-state index is 15.7. The summed E-state index contributed by atoms with van der Waals surface area (Å²) in [5.41, 5.74) is -10.1. The molecule has 0 aromatic heterocycles. The molecule has 0 aliphatic carbocycles. The van der Waals surface area contributed by atoms with Crippen LogP contribution in [-0.2, 0) is 5.67 Å². The quantitative estimate of drug-likeness (QED) is 0.299. The third-order valence-corrected chi connectivity index (χ3v) is 4.51. The van der Waals surface area contributed by atoms with Gasteiger partial charge in [-0.15, -0.1) is 0 Å². The smallest absolute Gasteiger partial charge is 0.258 e. The highest BCUT2D eigenvalue weighted by Gasteiger charge is 2.73. The molecule has 0 amide bonds. The normalized spacial score (nSPS) is 12.7. The van der Waals surface area contributed by atoms with Crippen LogP contribution in [0.5, 0.6) is 0 Å². The van der Waals surface area contributed by atoms with Crippen molar-refractivity contribution in [2.75, 3.05) is 0 Å². The largest absolute Gasteiger partial charge is 0.457 e. The summed E-state index contributed by atoms with van der Waals surface area (Å²) < 4.78 is 83.5. The van der Waals surface area contributed by atoms with Crippen molar-refractivity contribution in [1.82, 2.24) is 0 Å². The number of nitro benzene ring substituents is 2. The Labute approximate surface area is 166 Å². The van der Waals surface area contributed by atoms with E-state index in [1.807, 2.05) is 0 Å². The lowest BCUT2D eigenvalue weighted by atomic mass is 9.81. The number of alkyl halides is 6. The Morgan fingerprint density at radius 1 is 0.724 bits per heavy atom. The molecule has 0 saturated carbocycles. The van der Waals surface area contributed by atoms with E-state index in [1.54, 1.807) is 0 Å². The zero-order valence-corrected chi connectivity index (χ0v) is 15.0. The number of hydrogen-bond donors (Lipinski definition) is 0. The molecule has 6 nitrogen and oxygen atoms in total. The van der Waals surface area contributed by atoms with Gasteiger partial charge in [-0.2, -0.15) is 22.0 Å². The number of nitrogens with zero attached hydrogens (tertiary/aromatic N) is 2. The first kappa shape index (κ1) is 22.7. The molecule has 2 rings (SSSR count). The molecule has 2 aromatic rings. The van der Waals surface area contributed by atoms with Crippen molar-refractivity contribution in [2.45, 2.75) is 17.8 Å². The van der Waals surface area contributed by atoms with Crippen LogP contribution in [0.25, 0.3) is 0 Å². The zero-order valence-electron chi connectivity index (χ0n) is 13.5. The van der Waals surface area contributed by atoms with E-state index in [2.05, 4.69) is 0 Å². The van der Waals surface area contributed by atoms with Crippen LogP contribution in [0, 0.1) is 20.2 Å². The minimum Gasteiger partial charge on any atom is -0.258 e. The van der Waals surface area contributed by atoms with Crippen molar-refractivity contribution in [3.05, 3.63) is 77.8 Å². The summed E-state index contributed by atoms with van der Waals surface area (Å²) in [6.07, 6.45) is -6.47. The summed E-state index contributed by atoms with van der Waals surface area (Å²) in [4.78, 5) is 19.5. The first-order chi connectivity index (χ1) is 13.1. The number of hydrogen-bond acceptors (Lipinski definition) is 4. The summed E-state index contributed by atoms with van der Waals surface area (Å²) in [7, 11) is 0. The predicted octanol–water partition coefficient (Wildman–Crippen LogP) is 6.22. The molecule has 0 N–H and O–H groups in total. The molecule has 0 spiro atoms. The summed E-state index contributed by atoms with van der Waals surface area (Å²) in [6, 6.07) is 2.08. The van der Waals surface area contributed by atoms with Crippen molar-refractivity contribution >= 4 is 34.6 Å². The van der Waals surface area contributed by atoms with Gasteiger partial charge in [-0.25, -0.2) is 4.39 Å². The monoisotopic (exact) mass is 462 g/mol. The average molecular weight is 463 g/mol. The van der Waals surface area contributed by atoms with Crippen LogP contribution in [-0.4, -0.2) is 21.9 Å². The molecule has 0 aliphatic rings. The van der Waals surface area contributed by atoms with Gasteiger partial charge >= 0.3 is 12.1 Å². The molecule has 2 aromatic carbocycles. The molecule has 14 heteroatoms. The molecule has 0 heterocycles. The van der Waals surface area contributed by atoms with Gasteiger partial charge in [-0.1, -0.05) is 35.3 Å². The minimum absolute atomic E-state index is 0.0996. The first-order valence-corrected chi connectivity index (χ1v) is 7.92. The number of benzene rings is 2. The maximum Gasteiger partial charge on any atom is 0.457 e. The standard InChI is InChI=1S/C15H6Cl2F6N2O4/c16-9-3-1-7(5-11(9)24(26)27)13(18,14(19,20)15(21,22)23)8-2-4-10(17)12(6-8)25(28)29/h1-6H. The van der Waals surface area contributed by atoms with Crippen molar-refractivity contribution in [1.29, 1.82) is 0 Å². The molecule has 156 valence electrons. The molecule has 0 aliphatic heterocycles. The van der Waals surface area contributed by atoms with Crippen LogP contribution in [0.1, 0.15) is 11.1 Å². The van der Waals surface area contributed by atoms with Gasteiger partial charge < -0.3 is 0 Å². The van der Waals surface area contributed by atoms with Crippen LogP contribution in [0.2, 0.25) is 10.0 Å². The second-order valence-electron chi connectivity index (χ2n) is 5.58. The topological polar surface area (TPSA) is 86.3 Å². The highest BCUT2D eigenvalue weighted by atomic mass is 35.5. The van der Waals surface area contributed by atoms with Crippen LogP contribution < -0.4 is 0 Å². The second-order valence-corrected chi connectivity index (χ2v) is 6.39. The highest BCUT2D eigenvalue weighted by molar-refractivity contribution is 6.33. The Balaban J connectivity index is 2.93. The first-order valence-electron chi connectivity index (χ1n) is 7.17. The average Bonchev–Trinajstić information content (AvgIpc) is 2.60. The van der Waals surface area contributed by atoms with E-state index >= 15 is 4.39 Å². The van der Waals surface area contributed by atoms with E-state index < -0.39 is 60.2 Å². The molecule has 0 fully saturated rings.